The normalized spacial score (nSPS) is 15.0. The standard InChI is InChI=1S/C16H27NO5S2/c1-7-22-15-10-12(8-9-14(15)21-5)13(11-24(6,19)20)17-23(18)16(2,3)4/h8-10,13,17H,7,11H2,1-6H3/t13-,23?/m1/s1. The Balaban J connectivity index is 3.21. The summed E-state index contributed by atoms with van der Waals surface area (Å²) in [6, 6.07) is 4.59. The predicted molar refractivity (Wildman–Crippen MR) is 97.6 cm³/mol. The Kier molecular flexibility index (Phi) is 7.40. The number of methoxy groups -OCH3 is 1. The molecule has 6 nitrogen and oxygen atoms in total. The van der Waals surface area contributed by atoms with Crippen molar-refractivity contribution in [1.82, 2.24) is 4.72 Å². The van der Waals surface area contributed by atoms with Crippen LogP contribution in [-0.2, 0) is 21.2 Å². The van der Waals surface area contributed by atoms with Crippen LogP contribution in [0.25, 0.3) is 0 Å². The second-order valence-electron chi connectivity index (χ2n) is 6.49. The Hall–Kier alpha value is -0.960. The summed E-state index contributed by atoms with van der Waals surface area (Å²) in [6.45, 7) is 7.79. The van der Waals surface area contributed by atoms with Gasteiger partial charge in [-0.1, -0.05) is 6.07 Å². The van der Waals surface area contributed by atoms with E-state index in [9.17, 15) is 13.0 Å². The molecule has 0 radical (unpaired) electrons. The van der Waals surface area contributed by atoms with Gasteiger partial charge in [0, 0.05) is 17.6 Å². The number of hydrogen-bond donors (Lipinski definition) is 1. The molecule has 0 saturated carbocycles. The Morgan fingerprint density at radius 3 is 2.38 bits per heavy atom. The molecule has 1 aromatic rings. The summed E-state index contributed by atoms with van der Waals surface area (Å²) in [4.78, 5) is 0. The van der Waals surface area contributed by atoms with Crippen molar-refractivity contribution < 1.29 is 22.4 Å². The molecule has 1 aromatic carbocycles. The van der Waals surface area contributed by atoms with Crippen LogP contribution in [0.15, 0.2) is 18.2 Å². The van der Waals surface area contributed by atoms with Gasteiger partial charge in [-0.15, -0.1) is 4.72 Å². The fourth-order valence-corrected chi connectivity index (χ4v) is 3.80. The van der Waals surface area contributed by atoms with Gasteiger partial charge in [-0.3, -0.25) is 0 Å². The van der Waals surface area contributed by atoms with E-state index in [4.69, 9.17) is 9.47 Å². The molecular formula is C16H27NO5S2. The molecule has 0 aliphatic heterocycles. The smallest absolute Gasteiger partial charge is 0.161 e. The Morgan fingerprint density at radius 2 is 1.92 bits per heavy atom. The molecule has 0 aliphatic carbocycles. The molecule has 138 valence electrons. The van der Waals surface area contributed by atoms with Gasteiger partial charge in [0.2, 0.25) is 0 Å². The van der Waals surface area contributed by atoms with Crippen molar-refractivity contribution in [2.24, 2.45) is 0 Å². The zero-order valence-corrected chi connectivity index (χ0v) is 16.7. The molecule has 0 aliphatic rings. The molecule has 24 heavy (non-hydrogen) atoms. The third-order valence-corrected chi connectivity index (χ3v) is 5.71. The molecule has 0 spiro atoms. The second-order valence-corrected chi connectivity index (χ2v) is 10.7. The first-order chi connectivity index (χ1) is 11.0. The number of hydrogen-bond acceptors (Lipinski definition) is 6. The quantitative estimate of drug-likeness (QED) is 0.699. The van der Waals surface area contributed by atoms with Crippen LogP contribution in [0.4, 0.5) is 0 Å². The largest absolute Gasteiger partial charge is 0.598 e. The van der Waals surface area contributed by atoms with Crippen LogP contribution in [0, 0.1) is 0 Å². The third-order valence-electron chi connectivity index (χ3n) is 3.16. The van der Waals surface area contributed by atoms with E-state index in [1.54, 1.807) is 25.3 Å². The van der Waals surface area contributed by atoms with Gasteiger partial charge in [-0.05, 0) is 45.4 Å². The van der Waals surface area contributed by atoms with E-state index in [1.807, 2.05) is 27.7 Å². The van der Waals surface area contributed by atoms with Crippen molar-refractivity contribution in [2.45, 2.75) is 38.5 Å². The van der Waals surface area contributed by atoms with Crippen molar-refractivity contribution in [3.63, 3.8) is 0 Å². The lowest BCUT2D eigenvalue weighted by Gasteiger charge is -2.28. The van der Waals surface area contributed by atoms with Gasteiger partial charge in [0.25, 0.3) is 0 Å². The molecule has 0 amide bonds. The number of nitrogens with one attached hydrogen (secondary N) is 1. The highest BCUT2D eigenvalue weighted by atomic mass is 32.2. The molecule has 2 atom stereocenters. The Morgan fingerprint density at radius 1 is 1.29 bits per heavy atom. The minimum Gasteiger partial charge on any atom is -0.598 e. The van der Waals surface area contributed by atoms with Crippen LogP contribution in [0.1, 0.15) is 39.3 Å². The first-order valence-corrected chi connectivity index (χ1v) is 10.9. The van der Waals surface area contributed by atoms with Crippen molar-refractivity contribution in [3.05, 3.63) is 23.8 Å². The van der Waals surface area contributed by atoms with Crippen molar-refractivity contribution in [2.75, 3.05) is 25.7 Å². The lowest BCUT2D eigenvalue weighted by atomic mass is 10.1. The average Bonchev–Trinajstić information content (AvgIpc) is 2.44. The summed E-state index contributed by atoms with van der Waals surface area (Å²) in [5.41, 5.74) is 0.683. The Labute approximate surface area is 148 Å². The second kappa shape index (κ2) is 8.42. The maximum absolute atomic E-state index is 12.4. The lowest BCUT2D eigenvalue weighted by Crippen LogP contribution is -2.43. The van der Waals surface area contributed by atoms with E-state index < -0.39 is 32.0 Å². The maximum Gasteiger partial charge on any atom is 0.161 e. The topological polar surface area (TPSA) is 87.7 Å². The zero-order chi connectivity index (χ0) is 18.5. The van der Waals surface area contributed by atoms with Crippen LogP contribution in [0.5, 0.6) is 11.5 Å². The summed E-state index contributed by atoms with van der Waals surface area (Å²) in [5.74, 6) is 0.933. The molecule has 0 saturated heterocycles. The molecule has 0 bridgehead atoms. The number of rotatable bonds is 8. The average molecular weight is 378 g/mol. The summed E-state index contributed by atoms with van der Waals surface area (Å²) >= 11 is -1.41. The number of sulfone groups is 1. The zero-order valence-electron chi connectivity index (χ0n) is 15.1. The van der Waals surface area contributed by atoms with Crippen molar-refractivity contribution >= 4 is 21.2 Å². The van der Waals surface area contributed by atoms with E-state index in [-0.39, 0.29) is 5.75 Å². The molecule has 1 rings (SSSR count). The fraction of sp³-hybridized carbons (Fsp3) is 0.625. The van der Waals surface area contributed by atoms with E-state index in [1.165, 1.54) is 0 Å². The third kappa shape index (κ3) is 6.51. The Bertz CT molecular complexity index is 640. The number of ether oxygens (including phenoxy) is 2. The summed E-state index contributed by atoms with van der Waals surface area (Å²) in [6.07, 6.45) is 1.16. The van der Waals surface area contributed by atoms with Crippen LogP contribution < -0.4 is 14.2 Å². The highest BCUT2D eigenvalue weighted by molar-refractivity contribution is 7.91. The van der Waals surface area contributed by atoms with E-state index in [2.05, 4.69) is 4.72 Å². The van der Waals surface area contributed by atoms with Crippen LogP contribution in [0.3, 0.4) is 0 Å². The molecule has 0 fully saturated rings. The van der Waals surface area contributed by atoms with E-state index >= 15 is 0 Å². The fourth-order valence-electron chi connectivity index (χ4n) is 1.99. The molecule has 1 unspecified atom stereocenters. The highest BCUT2D eigenvalue weighted by Gasteiger charge is 2.31. The highest BCUT2D eigenvalue weighted by Crippen LogP contribution is 2.31. The van der Waals surface area contributed by atoms with Crippen LogP contribution in [0.2, 0.25) is 0 Å². The molecule has 8 heteroatoms. The van der Waals surface area contributed by atoms with Gasteiger partial charge >= 0.3 is 0 Å². The van der Waals surface area contributed by atoms with E-state index in [0.717, 1.165) is 6.26 Å². The SMILES string of the molecule is CCOc1cc([C@@H](CS(C)(=O)=O)N[S+]([O-])C(C)(C)C)ccc1OC. The van der Waals surface area contributed by atoms with Gasteiger partial charge in [-0.2, -0.15) is 0 Å². The summed E-state index contributed by atoms with van der Waals surface area (Å²) in [5, 5.41) is 0. The first kappa shape index (κ1) is 21.1. The maximum atomic E-state index is 12.4. The summed E-state index contributed by atoms with van der Waals surface area (Å²) in [7, 11) is -1.73. The monoisotopic (exact) mass is 377 g/mol. The van der Waals surface area contributed by atoms with Crippen molar-refractivity contribution in [1.29, 1.82) is 0 Å². The van der Waals surface area contributed by atoms with Gasteiger partial charge in [0.05, 0.1) is 25.5 Å². The van der Waals surface area contributed by atoms with Crippen molar-refractivity contribution in [3.8, 4) is 11.5 Å². The van der Waals surface area contributed by atoms with Gasteiger partial charge in [0.15, 0.2) is 11.5 Å². The van der Waals surface area contributed by atoms with Crippen LogP contribution in [-0.4, -0.2) is 43.4 Å². The molecular weight excluding hydrogens is 350 g/mol. The molecule has 0 aromatic heterocycles. The lowest BCUT2D eigenvalue weighted by molar-refractivity contribution is 0.310. The van der Waals surface area contributed by atoms with Gasteiger partial charge < -0.3 is 14.0 Å². The van der Waals surface area contributed by atoms with Crippen LogP contribution >= 0.6 is 0 Å². The first-order valence-electron chi connectivity index (χ1n) is 7.64. The summed E-state index contributed by atoms with van der Waals surface area (Å²) < 4.78 is 49.2. The predicted octanol–water partition coefficient (Wildman–Crippen LogP) is 2.23. The number of benzene rings is 1. The van der Waals surface area contributed by atoms with Gasteiger partial charge in [0.1, 0.15) is 14.6 Å². The minimum absolute atomic E-state index is 0.160. The van der Waals surface area contributed by atoms with E-state index in [0.29, 0.717) is 23.7 Å². The van der Waals surface area contributed by atoms with Gasteiger partial charge in [-0.25, -0.2) is 8.42 Å². The molecule has 0 heterocycles. The minimum atomic E-state index is -3.27. The molecule has 1 N–H and O–H groups in total.